The average Bonchev–Trinajstić information content (AvgIpc) is 3.23. The molecular weight excluding hydrogens is 242 g/mol. The zero-order valence-corrected chi connectivity index (χ0v) is 12.2. The van der Waals surface area contributed by atoms with Crippen LogP contribution in [-0.2, 0) is 9.53 Å². The van der Waals surface area contributed by atoms with E-state index in [1.54, 1.807) is 7.11 Å². The van der Waals surface area contributed by atoms with Gasteiger partial charge in [0.25, 0.3) is 0 Å². The molecule has 5 heteroatoms. The van der Waals surface area contributed by atoms with Crippen molar-refractivity contribution in [2.45, 2.75) is 32.2 Å². The van der Waals surface area contributed by atoms with Crippen LogP contribution in [0.25, 0.3) is 0 Å². The summed E-state index contributed by atoms with van der Waals surface area (Å²) in [6, 6.07) is -0.0136. The summed E-state index contributed by atoms with van der Waals surface area (Å²) < 4.78 is 5.14. The lowest BCUT2D eigenvalue weighted by atomic mass is 10.0. The van der Waals surface area contributed by atoms with Gasteiger partial charge >= 0.3 is 0 Å². The molecule has 1 atom stereocenters. The summed E-state index contributed by atoms with van der Waals surface area (Å²) in [5.74, 6) is 0.172. The standard InChI is InChI=1S/C14H27N3O2/c1-12(17-8-6-15-7-9-17)13(18)16-11-14(3-4-14)5-10-19-2/h12,15H,3-11H2,1-2H3,(H,16,18). The number of amides is 1. The van der Waals surface area contributed by atoms with Gasteiger partial charge in [-0.15, -0.1) is 0 Å². The van der Waals surface area contributed by atoms with Crippen molar-refractivity contribution < 1.29 is 9.53 Å². The van der Waals surface area contributed by atoms with Crippen LogP contribution < -0.4 is 10.6 Å². The highest BCUT2D eigenvalue weighted by molar-refractivity contribution is 5.81. The summed E-state index contributed by atoms with van der Waals surface area (Å²) >= 11 is 0. The Balaban J connectivity index is 1.71. The minimum atomic E-state index is -0.0136. The number of carbonyl (C=O) groups excluding carboxylic acids is 1. The normalized spacial score (nSPS) is 23.9. The van der Waals surface area contributed by atoms with Gasteiger partial charge in [0.15, 0.2) is 0 Å². The van der Waals surface area contributed by atoms with Gasteiger partial charge in [0.2, 0.25) is 5.91 Å². The maximum absolute atomic E-state index is 12.2. The van der Waals surface area contributed by atoms with Crippen molar-refractivity contribution in [2.24, 2.45) is 5.41 Å². The van der Waals surface area contributed by atoms with Crippen LogP contribution >= 0.6 is 0 Å². The maximum atomic E-state index is 12.2. The van der Waals surface area contributed by atoms with Crippen molar-refractivity contribution in [3.8, 4) is 0 Å². The molecule has 1 amide bonds. The van der Waals surface area contributed by atoms with E-state index in [2.05, 4.69) is 15.5 Å². The third-order valence-corrected chi connectivity index (χ3v) is 4.51. The lowest BCUT2D eigenvalue weighted by Gasteiger charge is -2.32. The third kappa shape index (κ3) is 4.16. The number of carbonyl (C=O) groups is 1. The fraction of sp³-hybridized carbons (Fsp3) is 0.929. The largest absolute Gasteiger partial charge is 0.385 e. The zero-order valence-electron chi connectivity index (χ0n) is 12.2. The zero-order chi connectivity index (χ0) is 13.7. The van der Waals surface area contributed by atoms with Crippen LogP contribution in [0.5, 0.6) is 0 Å². The highest BCUT2D eigenvalue weighted by Gasteiger charge is 2.42. The fourth-order valence-electron chi connectivity index (χ4n) is 2.67. The Labute approximate surface area is 116 Å². The number of hydrogen-bond donors (Lipinski definition) is 2. The van der Waals surface area contributed by atoms with Crippen molar-refractivity contribution in [1.82, 2.24) is 15.5 Å². The molecule has 2 rings (SSSR count). The van der Waals surface area contributed by atoms with Crippen LogP contribution in [0.4, 0.5) is 0 Å². The molecule has 1 unspecified atom stereocenters. The second-order valence-corrected chi connectivity index (χ2v) is 5.92. The first-order valence-corrected chi connectivity index (χ1v) is 7.38. The quantitative estimate of drug-likeness (QED) is 0.694. The van der Waals surface area contributed by atoms with Gasteiger partial charge < -0.3 is 15.4 Å². The van der Waals surface area contributed by atoms with Gasteiger partial charge in [-0.3, -0.25) is 9.69 Å². The van der Waals surface area contributed by atoms with Gasteiger partial charge in [0, 0.05) is 46.4 Å². The van der Waals surface area contributed by atoms with Crippen molar-refractivity contribution in [3.63, 3.8) is 0 Å². The molecule has 1 saturated carbocycles. The number of methoxy groups -OCH3 is 1. The second-order valence-electron chi connectivity index (χ2n) is 5.92. The van der Waals surface area contributed by atoms with E-state index in [4.69, 9.17) is 4.74 Å². The second kappa shape index (κ2) is 6.68. The van der Waals surface area contributed by atoms with E-state index >= 15 is 0 Å². The molecule has 2 fully saturated rings. The number of nitrogens with one attached hydrogen (secondary N) is 2. The first-order valence-electron chi connectivity index (χ1n) is 7.38. The van der Waals surface area contributed by atoms with Crippen LogP contribution in [0.3, 0.4) is 0 Å². The third-order valence-electron chi connectivity index (χ3n) is 4.51. The Kier molecular flexibility index (Phi) is 5.19. The first-order chi connectivity index (χ1) is 9.17. The summed E-state index contributed by atoms with van der Waals surface area (Å²) in [4.78, 5) is 14.4. The maximum Gasteiger partial charge on any atom is 0.237 e. The minimum Gasteiger partial charge on any atom is -0.385 e. The summed E-state index contributed by atoms with van der Waals surface area (Å²) in [7, 11) is 1.74. The van der Waals surface area contributed by atoms with Crippen molar-refractivity contribution >= 4 is 5.91 Å². The molecule has 0 aromatic heterocycles. The fourth-order valence-corrected chi connectivity index (χ4v) is 2.67. The number of hydrogen-bond acceptors (Lipinski definition) is 4. The molecule has 0 aromatic carbocycles. The molecule has 19 heavy (non-hydrogen) atoms. The van der Waals surface area contributed by atoms with Crippen LogP contribution in [0, 0.1) is 5.41 Å². The Morgan fingerprint density at radius 2 is 2.11 bits per heavy atom. The van der Waals surface area contributed by atoms with E-state index in [9.17, 15) is 4.79 Å². The SMILES string of the molecule is COCCC1(CNC(=O)C(C)N2CCNCC2)CC1. The molecule has 1 aliphatic heterocycles. The van der Waals surface area contributed by atoms with Crippen molar-refractivity contribution in [3.05, 3.63) is 0 Å². The van der Waals surface area contributed by atoms with Crippen LogP contribution in [0.1, 0.15) is 26.2 Å². The van der Waals surface area contributed by atoms with E-state index in [1.165, 1.54) is 12.8 Å². The smallest absolute Gasteiger partial charge is 0.237 e. The van der Waals surface area contributed by atoms with Gasteiger partial charge in [0.05, 0.1) is 6.04 Å². The van der Waals surface area contributed by atoms with Crippen LogP contribution in [-0.4, -0.2) is 63.3 Å². The Morgan fingerprint density at radius 3 is 2.68 bits per heavy atom. The number of piperazine rings is 1. The van der Waals surface area contributed by atoms with Crippen LogP contribution in [0.2, 0.25) is 0 Å². The van der Waals surface area contributed by atoms with Gasteiger partial charge in [-0.25, -0.2) is 0 Å². The Morgan fingerprint density at radius 1 is 1.42 bits per heavy atom. The van der Waals surface area contributed by atoms with E-state index in [0.29, 0.717) is 5.41 Å². The summed E-state index contributed by atoms with van der Waals surface area (Å²) in [5, 5.41) is 6.45. The predicted molar refractivity (Wildman–Crippen MR) is 75.1 cm³/mol. The highest BCUT2D eigenvalue weighted by atomic mass is 16.5. The molecule has 1 heterocycles. The lowest BCUT2D eigenvalue weighted by molar-refractivity contribution is -0.126. The molecule has 5 nitrogen and oxygen atoms in total. The van der Waals surface area contributed by atoms with E-state index in [1.807, 2.05) is 6.92 Å². The number of nitrogens with zero attached hydrogens (tertiary/aromatic N) is 1. The van der Waals surface area contributed by atoms with Gasteiger partial charge in [-0.1, -0.05) is 0 Å². The van der Waals surface area contributed by atoms with Gasteiger partial charge in [0.1, 0.15) is 0 Å². The molecule has 1 saturated heterocycles. The Bertz CT molecular complexity index is 299. The predicted octanol–water partition coefficient (Wildman–Crippen LogP) is 0.213. The molecule has 1 aliphatic carbocycles. The Hall–Kier alpha value is -0.650. The van der Waals surface area contributed by atoms with Gasteiger partial charge in [-0.05, 0) is 31.6 Å². The molecule has 0 radical (unpaired) electrons. The highest BCUT2D eigenvalue weighted by Crippen LogP contribution is 2.48. The minimum absolute atomic E-state index is 0.0136. The first kappa shape index (κ1) is 14.8. The van der Waals surface area contributed by atoms with E-state index in [0.717, 1.165) is 45.8 Å². The summed E-state index contributed by atoms with van der Waals surface area (Å²) in [6.45, 7) is 7.50. The molecule has 110 valence electrons. The lowest BCUT2D eigenvalue weighted by Crippen LogP contribution is -2.53. The molecule has 0 aromatic rings. The monoisotopic (exact) mass is 269 g/mol. The van der Waals surface area contributed by atoms with Crippen molar-refractivity contribution in [1.29, 1.82) is 0 Å². The molecular formula is C14H27N3O2. The van der Waals surface area contributed by atoms with E-state index < -0.39 is 0 Å². The molecule has 2 aliphatic rings. The van der Waals surface area contributed by atoms with Crippen LogP contribution in [0.15, 0.2) is 0 Å². The molecule has 0 spiro atoms. The molecule has 2 N–H and O–H groups in total. The van der Waals surface area contributed by atoms with Gasteiger partial charge in [-0.2, -0.15) is 0 Å². The summed E-state index contributed by atoms with van der Waals surface area (Å²) in [6.07, 6.45) is 3.50. The van der Waals surface area contributed by atoms with E-state index in [-0.39, 0.29) is 11.9 Å². The summed E-state index contributed by atoms with van der Waals surface area (Å²) in [5.41, 5.74) is 0.328. The average molecular weight is 269 g/mol. The van der Waals surface area contributed by atoms with Crippen molar-refractivity contribution in [2.75, 3.05) is 46.4 Å². The number of ether oxygens (including phenoxy) is 1. The topological polar surface area (TPSA) is 53.6 Å². The molecule has 0 bridgehead atoms. The number of rotatable bonds is 7.